The Kier molecular flexibility index (Phi) is 2.49. The molecular weight excluding hydrogens is 136 g/mol. The van der Waals surface area contributed by atoms with E-state index in [2.05, 4.69) is 0 Å². The number of nitrogen functional groups attached to an aromatic ring is 1. The Morgan fingerprint density at radius 1 is 1.36 bits per heavy atom. The lowest BCUT2D eigenvalue weighted by Gasteiger charge is -2.06. The maximum atomic E-state index is 5.71. The zero-order valence-electron chi connectivity index (χ0n) is 6.75. The monoisotopic (exact) mass is 150 g/mol. The maximum absolute atomic E-state index is 5.71. The van der Waals surface area contributed by atoms with Crippen molar-refractivity contribution in [3.05, 3.63) is 29.8 Å². The Labute approximate surface area is 67.2 Å². The lowest BCUT2D eigenvalue weighted by molar-refractivity contribution is 0.739. The first-order chi connectivity index (χ1) is 5.20. The largest absolute Gasteiger partial charge is 0.399 e. The van der Waals surface area contributed by atoms with Gasteiger partial charge < -0.3 is 11.5 Å². The van der Waals surface area contributed by atoms with Crippen LogP contribution in [0.3, 0.4) is 0 Å². The molecular formula is C9H14N2. The van der Waals surface area contributed by atoms with E-state index in [9.17, 15) is 0 Å². The first-order valence-electron chi connectivity index (χ1n) is 3.79. The van der Waals surface area contributed by atoms with Gasteiger partial charge in [-0.25, -0.2) is 0 Å². The predicted octanol–water partition coefficient (Wildman–Crippen LogP) is 1.16. The van der Waals surface area contributed by atoms with Gasteiger partial charge in [0, 0.05) is 11.7 Å². The van der Waals surface area contributed by atoms with Gasteiger partial charge in [0.1, 0.15) is 0 Å². The van der Waals surface area contributed by atoms with Gasteiger partial charge in [-0.2, -0.15) is 0 Å². The Balaban J connectivity index is 2.78. The summed E-state index contributed by atoms with van der Waals surface area (Å²) in [5.41, 5.74) is 13.3. The summed E-state index contributed by atoms with van der Waals surface area (Å²) in [7, 11) is 0. The second-order valence-corrected chi connectivity index (χ2v) is 2.88. The van der Waals surface area contributed by atoms with Gasteiger partial charge in [-0.05, 0) is 25.0 Å². The molecule has 1 unspecified atom stereocenters. The molecule has 0 aliphatic heterocycles. The minimum atomic E-state index is 0.180. The molecule has 0 spiro atoms. The molecule has 1 atom stereocenters. The van der Waals surface area contributed by atoms with Crippen LogP contribution in [0.1, 0.15) is 12.5 Å². The minimum Gasteiger partial charge on any atom is -0.399 e. The van der Waals surface area contributed by atoms with Crippen LogP contribution in [-0.2, 0) is 6.42 Å². The highest BCUT2D eigenvalue weighted by Gasteiger charge is 1.99. The van der Waals surface area contributed by atoms with Gasteiger partial charge >= 0.3 is 0 Å². The molecule has 0 aliphatic carbocycles. The van der Waals surface area contributed by atoms with Crippen molar-refractivity contribution in [1.82, 2.24) is 0 Å². The molecule has 1 aromatic rings. The molecule has 0 aromatic heterocycles. The number of benzene rings is 1. The third-order valence-corrected chi connectivity index (χ3v) is 1.60. The lowest BCUT2D eigenvalue weighted by atomic mass is 10.1. The summed E-state index contributed by atoms with van der Waals surface area (Å²) in [5, 5.41) is 0. The van der Waals surface area contributed by atoms with Gasteiger partial charge in [-0.1, -0.05) is 18.2 Å². The van der Waals surface area contributed by atoms with E-state index >= 15 is 0 Å². The van der Waals surface area contributed by atoms with Crippen LogP contribution >= 0.6 is 0 Å². The zero-order chi connectivity index (χ0) is 8.27. The van der Waals surface area contributed by atoms with E-state index < -0.39 is 0 Å². The number of anilines is 1. The highest BCUT2D eigenvalue weighted by Crippen LogP contribution is 2.11. The van der Waals surface area contributed by atoms with Gasteiger partial charge in [0.05, 0.1) is 0 Å². The standard InChI is InChI=1S/C9H14N2/c1-7(10)6-8-4-2-3-5-9(8)11/h2-5,7H,6,10-11H2,1H3. The summed E-state index contributed by atoms with van der Waals surface area (Å²) in [6, 6.07) is 8.00. The molecule has 1 aromatic carbocycles. The van der Waals surface area contributed by atoms with Crippen LogP contribution in [0.2, 0.25) is 0 Å². The molecule has 4 N–H and O–H groups in total. The molecule has 0 heterocycles. The average molecular weight is 150 g/mol. The van der Waals surface area contributed by atoms with Gasteiger partial charge in [0.25, 0.3) is 0 Å². The van der Waals surface area contributed by atoms with Crippen LogP contribution in [0.15, 0.2) is 24.3 Å². The summed E-state index contributed by atoms with van der Waals surface area (Å²) in [4.78, 5) is 0. The summed E-state index contributed by atoms with van der Waals surface area (Å²) >= 11 is 0. The number of nitrogens with two attached hydrogens (primary N) is 2. The fraction of sp³-hybridized carbons (Fsp3) is 0.333. The van der Waals surface area contributed by atoms with Crippen molar-refractivity contribution in [1.29, 1.82) is 0 Å². The van der Waals surface area contributed by atoms with E-state index in [-0.39, 0.29) is 6.04 Å². The third-order valence-electron chi connectivity index (χ3n) is 1.60. The van der Waals surface area contributed by atoms with E-state index in [0.717, 1.165) is 17.7 Å². The molecule has 0 saturated carbocycles. The highest BCUT2D eigenvalue weighted by atomic mass is 14.6. The van der Waals surface area contributed by atoms with E-state index in [1.54, 1.807) is 0 Å². The van der Waals surface area contributed by atoms with Crippen molar-refractivity contribution in [3.63, 3.8) is 0 Å². The molecule has 0 radical (unpaired) electrons. The van der Waals surface area contributed by atoms with Crippen molar-refractivity contribution in [3.8, 4) is 0 Å². The van der Waals surface area contributed by atoms with E-state index in [4.69, 9.17) is 11.5 Å². The molecule has 0 bridgehead atoms. The Morgan fingerprint density at radius 2 is 2.00 bits per heavy atom. The summed E-state index contributed by atoms with van der Waals surface area (Å²) in [6.07, 6.45) is 0.854. The molecule has 0 fully saturated rings. The van der Waals surface area contributed by atoms with Crippen LogP contribution in [0.4, 0.5) is 5.69 Å². The molecule has 2 heteroatoms. The molecule has 2 nitrogen and oxygen atoms in total. The maximum Gasteiger partial charge on any atom is 0.0347 e. The second kappa shape index (κ2) is 3.39. The minimum absolute atomic E-state index is 0.180. The summed E-state index contributed by atoms with van der Waals surface area (Å²) in [6.45, 7) is 1.98. The van der Waals surface area contributed by atoms with Crippen molar-refractivity contribution >= 4 is 5.69 Å². The van der Waals surface area contributed by atoms with Gasteiger partial charge in [-0.15, -0.1) is 0 Å². The Hall–Kier alpha value is -1.02. The number of hydrogen-bond acceptors (Lipinski definition) is 2. The second-order valence-electron chi connectivity index (χ2n) is 2.88. The number of rotatable bonds is 2. The Bertz CT molecular complexity index is 231. The predicted molar refractivity (Wildman–Crippen MR) is 48.2 cm³/mol. The van der Waals surface area contributed by atoms with Crippen LogP contribution in [0, 0.1) is 0 Å². The SMILES string of the molecule is CC(N)Cc1ccccc1N. The first kappa shape index (κ1) is 8.08. The fourth-order valence-electron chi connectivity index (χ4n) is 1.07. The van der Waals surface area contributed by atoms with Crippen LogP contribution in [-0.4, -0.2) is 6.04 Å². The van der Waals surface area contributed by atoms with Crippen molar-refractivity contribution in [2.75, 3.05) is 5.73 Å². The van der Waals surface area contributed by atoms with Crippen molar-refractivity contribution < 1.29 is 0 Å². The smallest absolute Gasteiger partial charge is 0.0347 e. The van der Waals surface area contributed by atoms with E-state index in [1.165, 1.54) is 0 Å². The topological polar surface area (TPSA) is 52.0 Å². The molecule has 60 valence electrons. The lowest BCUT2D eigenvalue weighted by Crippen LogP contribution is -2.18. The highest BCUT2D eigenvalue weighted by molar-refractivity contribution is 5.46. The average Bonchev–Trinajstić information content (AvgIpc) is 1.93. The molecule has 0 aliphatic rings. The number of hydrogen-bond donors (Lipinski definition) is 2. The van der Waals surface area contributed by atoms with Crippen molar-refractivity contribution in [2.45, 2.75) is 19.4 Å². The third kappa shape index (κ3) is 2.24. The zero-order valence-corrected chi connectivity index (χ0v) is 6.75. The molecule has 0 saturated heterocycles. The van der Waals surface area contributed by atoms with Crippen LogP contribution < -0.4 is 11.5 Å². The normalized spacial score (nSPS) is 12.9. The molecule has 1 rings (SSSR count). The van der Waals surface area contributed by atoms with E-state index in [0.29, 0.717) is 0 Å². The number of para-hydroxylation sites is 1. The van der Waals surface area contributed by atoms with Gasteiger partial charge in [0.2, 0.25) is 0 Å². The van der Waals surface area contributed by atoms with Crippen LogP contribution in [0.25, 0.3) is 0 Å². The van der Waals surface area contributed by atoms with Gasteiger partial charge in [-0.3, -0.25) is 0 Å². The Morgan fingerprint density at radius 3 is 2.55 bits per heavy atom. The molecule has 0 amide bonds. The van der Waals surface area contributed by atoms with Crippen molar-refractivity contribution in [2.24, 2.45) is 5.73 Å². The fourth-order valence-corrected chi connectivity index (χ4v) is 1.07. The summed E-state index contributed by atoms with van der Waals surface area (Å²) < 4.78 is 0. The van der Waals surface area contributed by atoms with Gasteiger partial charge in [0.15, 0.2) is 0 Å². The quantitative estimate of drug-likeness (QED) is 0.621. The first-order valence-corrected chi connectivity index (χ1v) is 3.79. The van der Waals surface area contributed by atoms with Crippen LogP contribution in [0.5, 0.6) is 0 Å². The molecule has 11 heavy (non-hydrogen) atoms. The van der Waals surface area contributed by atoms with E-state index in [1.807, 2.05) is 31.2 Å². The summed E-state index contributed by atoms with van der Waals surface area (Å²) in [5.74, 6) is 0.